The first kappa shape index (κ1) is 15.9. The van der Waals surface area contributed by atoms with Crippen molar-refractivity contribution in [1.82, 2.24) is 5.32 Å². The highest BCUT2D eigenvalue weighted by Gasteiger charge is 2.30. The fraction of sp³-hybridized carbons (Fsp3) is 0.818. The number of carbonyl (C=O) groups is 2. The number of amides is 1. The van der Waals surface area contributed by atoms with Crippen LogP contribution in [0.4, 0.5) is 0 Å². The molecule has 2 unspecified atom stereocenters. The Bertz CT molecular complexity index is 279. The number of nitrogens with two attached hydrogens (primary N) is 1. The Morgan fingerprint density at radius 2 is 1.59 bits per heavy atom. The zero-order valence-electron chi connectivity index (χ0n) is 10.7. The molecule has 5 N–H and O–H groups in total. The molecule has 0 aromatic carbocycles. The van der Waals surface area contributed by atoms with Crippen molar-refractivity contribution in [1.29, 1.82) is 0 Å². The van der Waals surface area contributed by atoms with Crippen LogP contribution in [0.2, 0.25) is 0 Å². The van der Waals surface area contributed by atoms with Gasteiger partial charge in [0, 0.05) is 6.04 Å². The van der Waals surface area contributed by atoms with Gasteiger partial charge in [0.05, 0.1) is 0 Å². The summed E-state index contributed by atoms with van der Waals surface area (Å²) in [7, 11) is 0. The molecule has 17 heavy (non-hydrogen) atoms. The van der Waals surface area contributed by atoms with E-state index >= 15 is 0 Å². The minimum atomic E-state index is -1.39. The van der Waals surface area contributed by atoms with E-state index in [0.29, 0.717) is 0 Å². The van der Waals surface area contributed by atoms with Crippen LogP contribution < -0.4 is 11.1 Å². The van der Waals surface area contributed by atoms with Gasteiger partial charge >= 0.3 is 5.97 Å². The van der Waals surface area contributed by atoms with Gasteiger partial charge < -0.3 is 21.3 Å². The highest BCUT2D eigenvalue weighted by Crippen LogP contribution is 2.06. The van der Waals surface area contributed by atoms with Crippen LogP contribution in [0.5, 0.6) is 0 Å². The Kier molecular flexibility index (Phi) is 6.12. The topological polar surface area (TPSA) is 113 Å². The normalized spacial score (nSPS) is 16.7. The zero-order chi connectivity index (χ0) is 13.7. The standard InChI is InChI=1S/C11H22N2O4/c1-5(2)7(12)9(14)10(15)13-8(6(3)4)11(16)17/h5-9,14H,12H2,1-4H3,(H,13,15)(H,16,17)/t7?,8-,9?/m0/s1. The molecule has 0 bridgehead atoms. The molecule has 6 heteroatoms. The van der Waals surface area contributed by atoms with Crippen molar-refractivity contribution in [2.75, 3.05) is 0 Å². The van der Waals surface area contributed by atoms with Crippen molar-refractivity contribution >= 4 is 11.9 Å². The van der Waals surface area contributed by atoms with Gasteiger partial charge in [0.25, 0.3) is 5.91 Å². The number of aliphatic hydroxyl groups is 1. The molecule has 0 rings (SSSR count). The number of carbonyl (C=O) groups excluding carboxylic acids is 1. The van der Waals surface area contributed by atoms with E-state index in [2.05, 4.69) is 5.32 Å². The molecule has 0 heterocycles. The van der Waals surface area contributed by atoms with Gasteiger partial charge in [-0.05, 0) is 11.8 Å². The molecule has 0 aliphatic rings. The molecule has 6 nitrogen and oxygen atoms in total. The maximum atomic E-state index is 11.6. The van der Waals surface area contributed by atoms with Crippen LogP contribution in [0.15, 0.2) is 0 Å². The smallest absolute Gasteiger partial charge is 0.326 e. The Morgan fingerprint density at radius 1 is 1.12 bits per heavy atom. The lowest BCUT2D eigenvalue weighted by Crippen LogP contribution is -2.54. The van der Waals surface area contributed by atoms with Gasteiger partial charge in [-0.1, -0.05) is 27.7 Å². The van der Waals surface area contributed by atoms with Crippen molar-refractivity contribution in [2.24, 2.45) is 17.6 Å². The van der Waals surface area contributed by atoms with Crippen molar-refractivity contribution < 1.29 is 19.8 Å². The third-order valence-corrected chi connectivity index (χ3v) is 2.63. The van der Waals surface area contributed by atoms with Crippen molar-refractivity contribution in [3.63, 3.8) is 0 Å². The van der Waals surface area contributed by atoms with E-state index in [0.717, 1.165) is 0 Å². The third kappa shape index (κ3) is 4.70. The molecule has 0 aromatic heterocycles. The second-order valence-corrected chi connectivity index (χ2v) is 4.83. The Balaban J connectivity index is 4.56. The number of nitrogens with one attached hydrogen (secondary N) is 1. The lowest BCUT2D eigenvalue weighted by Gasteiger charge is -2.24. The SMILES string of the molecule is CC(C)C(N)C(O)C(=O)N[C@H](C(=O)O)C(C)C. The fourth-order valence-corrected chi connectivity index (χ4v) is 1.29. The molecule has 0 fully saturated rings. The summed E-state index contributed by atoms with van der Waals surface area (Å²) in [5, 5.41) is 20.8. The summed E-state index contributed by atoms with van der Waals surface area (Å²) < 4.78 is 0. The molecular formula is C11H22N2O4. The molecule has 0 spiro atoms. The molecule has 0 saturated heterocycles. The molecule has 1 amide bonds. The van der Waals surface area contributed by atoms with Crippen LogP contribution in [-0.4, -0.2) is 40.3 Å². The fourth-order valence-electron chi connectivity index (χ4n) is 1.29. The first-order chi connectivity index (χ1) is 7.68. The Labute approximate surface area is 101 Å². The average Bonchev–Trinajstić information content (AvgIpc) is 2.22. The highest BCUT2D eigenvalue weighted by molar-refractivity contribution is 5.86. The van der Waals surface area contributed by atoms with E-state index in [1.807, 2.05) is 0 Å². The summed E-state index contributed by atoms with van der Waals surface area (Å²) in [6.07, 6.45) is -1.39. The largest absolute Gasteiger partial charge is 0.480 e. The number of hydrogen-bond acceptors (Lipinski definition) is 4. The summed E-state index contributed by atoms with van der Waals surface area (Å²) in [6, 6.07) is -1.73. The maximum absolute atomic E-state index is 11.6. The molecular weight excluding hydrogens is 224 g/mol. The number of carboxylic acids is 1. The third-order valence-electron chi connectivity index (χ3n) is 2.63. The highest BCUT2D eigenvalue weighted by atomic mass is 16.4. The summed E-state index contributed by atoms with van der Waals surface area (Å²) in [4.78, 5) is 22.5. The van der Waals surface area contributed by atoms with Crippen LogP contribution in [-0.2, 0) is 9.59 Å². The summed E-state index contributed by atoms with van der Waals surface area (Å²) in [5.74, 6) is -2.21. The molecule has 0 radical (unpaired) electrons. The first-order valence-corrected chi connectivity index (χ1v) is 5.65. The lowest BCUT2D eigenvalue weighted by molar-refractivity contribution is -0.145. The quantitative estimate of drug-likeness (QED) is 0.507. The molecule has 0 aliphatic carbocycles. The van der Waals surface area contributed by atoms with E-state index in [1.54, 1.807) is 27.7 Å². The Morgan fingerprint density at radius 3 is 1.88 bits per heavy atom. The minimum Gasteiger partial charge on any atom is -0.480 e. The van der Waals surface area contributed by atoms with Crippen molar-refractivity contribution in [3.05, 3.63) is 0 Å². The molecule has 0 aliphatic heterocycles. The van der Waals surface area contributed by atoms with Crippen LogP contribution in [0, 0.1) is 11.8 Å². The predicted octanol–water partition coefficient (Wildman–Crippen LogP) is -0.444. The minimum absolute atomic E-state index is 0.0712. The molecule has 0 aromatic rings. The second kappa shape index (κ2) is 6.56. The first-order valence-electron chi connectivity index (χ1n) is 5.65. The maximum Gasteiger partial charge on any atom is 0.326 e. The van der Waals surface area contributed by atoms with Gasteiger partial charge in [0.15, 0.2) is 0 Å². The van der Waals surface area contributed by atoms with Crippen LogP contribution >= 0.6 is 0 Å². The zero-order valence-corrected chi connectivity index (χ0v) is 10.7. The Hall–Kier alpha value is -1.14. The average molecular weight is 246 g/mol. The second-order valence-electron chi connectivity index (χ2n) is 4.83. The number of aliphatic hydroxyl groups excluding tert-OH is 1. The monoisotopic (exact) mass is 246 g/mol. The van der Waals surface area contributed by atoms with Crippen LogP contribution in [0.1, 0.15) is 27.7 Å². The van der Waals surface area contributed by atoms with Crippen molar-refractivity contribution in [3.8, 4) is 0 Å². The van der Waals surface area contributed by atoms with Crippen LogP contribution in [0.25, 0.3) is 0 Å². The van der Waals surface area contributed by atoms with Gasteiger partial charge in [0.2, 0.25) is 0 Å². The van der Waals surface area contributed by atoms with E-state index in [-0.39, 0.29) is 11.8 Å². The number of hydrogen-bond donors (Lipinski definition) is 4. The summed E-state index contributed by atoms with van der Waals surface area (Å²) in [5.41, 5.74) is 5.63. The number of carboxylic acid groups (broad SMARTS) is 1. The van der Waals surface area contributed by atoms with Gasteiger partial charge in [-0.25, -0.2) is 4.79 Å². The predicted molar refractivity (Wildman–Crippen MR) is 63.2 cm³/mol. The van der Waals surface area contributed by atoms with E-state index in [1.165, 1.54) is 0 Å². The molecule has 100 valence electrons. The molecule has 0 saturated carbocycles. The van der Waals surface area contributed by atoms with Gasteiger partial charge in [-0.15, -0.1) is 0 Å². The number of aliphatic carboxylic acids is 1. The van der Waals surface area contributed by atoms with Gasteiger partial charge in [-0.3, -0.25) is 4.79 Å². The van der Waals surface area contributed by atoms with E-state index in [4.69, 9.17) is 10.8 Å². The van der Waals surface area contributed by atoms with Gasteiger partial charge in [0.1, 0.15) is 12.1 Å². The van der Waals surface area contributed by atoms with Crippen LogP contribution in [0.3, 0.4) is 0 Å². The summed E-state index contributed by atoms with van der Waals surface area (Å²) in [6.45, 7) is 6.90. The lowest BCUT2D eigenvalue weighted by atomic mass is 9.98. The van der Waals surface area contributed by atoms with E-state index in [9.17, 15) is 14.7 Å². The van der Waals surface area contributed by atoms with E-state index < -0.39 is 30.1 Å². The number of rotatable bonds is 6. The molecule has 3 atom stereocenters. The van der Waals surface area contributed by atoms with Gasteiger partial charge in [-0.2, -0.15) is 0 Å². The summed E-state index contributed by atoms with van der Waals surface area (Å²) >= 11 is 0. The van der Waals surface area contributed by atoms with Crippen molar-refractivity contribution in [2.45, 2.75) is 45.9 Å².